The van der Waals surface area contributed by atoms with Gasteiger partial charge in [0.15, 0.2) is 6.29 Å². The molecule has 1 aromatic heterocycles. The minimum Gasteiger partial charge on any atom is -0.305 e. The maximum atomic E-state index is 10.6. The van der Waals surface area contributed by atoms with E-state index in [-0.39, 0.29) is 0 Å². The lowest BCUT2D eigenvalue weighted by atomic mass is 10.0. The van der Waals surface area contributed by atoms with Gasteiger partial charge in [-0.3, -0.25) is 4.79 Å². The average molecular weight is 198 g/mol. The molecular weight excluding hydrogens is 188 g/mol. The van der Waals surface area contributed by atoms with Crippen LogP contribution in [-0.2, 0) is 0 Å². The summed E-state index contributed by atoms with van der Waals surface area (Å²) in [4.78, 5) is 14.7. The molecule has 0 radical (unpaired) electrons. The van der Waals surface area contributed by atoms with Crippen molar-refractivity contribution in [1.29, 1.82) is 5.41 Å². The van der Waals surface area contributed by atoms with Crippen LogP contribution in [0.15, 0.2) is 30.3 Å². The van der Waals surface area contributed by atoms with Gasteiger partial charge in [0.2, 0.25) is 0 Å². The van der Waals surface area contributed by atoms with Crippen LogP contribution in [0.25, 0.3) is 10.9 Å². The maximum Gasteiger partial charge on any atom is 0.168 e. The summed E-state index contributed by atoms with van der Waals surface area (Å²) >= 11 is 0. The Hall–Kier alpha value is -2.03. The standard InChI is InChI=1S/C12H10N2O/c1-8(13)10-3-2-4-12-11(10)6-5-9(7-15)14-12/h2-7,13H,1H3. The zero-order valence-electron chi connectivity index (χ0n) is 8.32. The number of aromatic nitrogens is 1. The Morgan fingerprint density at radius 1 is 1.33 bits per heavy atom. The third kappa shape index (κ3) is 1.64. The van der Waals surface area contributed by atoms with E-state index >= 15 is 0 Å². The van der Waals surface area contributed by atoms with E-state index < -0.39 is 0 Å². The smallest absolute Gasteiger partial charge is 0.168 e. The number of hydrogen-bond donors (Lipinski definition) is 1. The van der Waals surface area contributed by atoms with Crippen molar-refractivity contribution < 1.29 is 4.79 Å². The molecule has 0 aliphatic carbocycles. The number of carbonyl (C=O) groups excluding carboxylic acids is 1. The normalized spacial score (nSPS) is 10.2. The van der Waals surface area contributed by atoms with E-state index in [2.05, 4.69) is 4.98 Å². The number of carbonyl (C=O) groups is 1. The molecular formula is C12H10N2O. The molecule has 2 aromatic rings. The van der Waals surface area contributed by atoms with Crippen LogP contribution in [0.3, 0.4) is 0 Å². The Kier molecular flexibility index (Phi) is 2.29. The summed E-state index contributed by atoms with van der Waals surface area (Å²) < 4.78 is 0. The van der Waals surface area contributed by atoms with Gasteiger partial charge in [-0.1, -0.05) is 12.1 Å². The highest BCUT2D eigenvalue weighted by Gasteiger charge is 2.03. The van der Waals surface area contributed by atoms with Crippen molar-refractivity contribution in [3.05, 3.63) is 41.6 Å². The molecule has 1 heterocycles. The molecule has 0 unspecified atom stereocenters. The minimum atomic E-state index is 0.419. The first-order chi connectivity index (χ1) is 7.22. The summed E-state index contributed by atoms with van der Waals surface area (Å²) in [5.41, 5.74) is 2.53. The highest BCUT2D eigenvalue weighted by molar-refractivity contribution is 6.07. The molecule has 0 spiro atoms. The number of hydrogen-bond acceptors (Lipinski definition) is 3. The van der Waals surface area contributed by atoms with Gasteiger partial charge in [-0.2, -0.15) is 0 Å². The second kappa shape index (κ2) is 3.61. The SMILES string of the molecule is CC(=N)c1cccc2nc(C=O)ccc12. The maximum absolute atomic E-state index is 10.6. The van der Waals surface area contributed by atoms with Gasteiger partial charge in [0.25, 0.3) is 0 Å². The van der Waals surface area contributed by atoms with Crippen molar-refractivity contribution in [2.75, 3.05) is 0 Å². The summed E-state index contributed by atoms with van der Waals surface area (Å²) in [5.74, 6) is 0. The van der Waals surface area contributed by atoms with E-state index in [1.165, 1.54) is 0 Å². The fourth-order valence-corrected chi connectivity index (χ4v) is 1.56. The number of rotatable bonds is 2. The molecule has 0 fully saturated rings. The van der Waals surface area contributed by atoms with Gasteiger partial charge in [-0.05, 0) is 25.1 Å². The van der Waals surface area contributed by atoms with E-state index in [9.17, 15) is 4.79 Å². The lowest BCUT2D eigenvalue weighted by Gasteiger charge is -2.04. The number of aldehydes is 1. The van der Waals surface area contributed by atoms with Gasteiger partial charge >= 0.3 is 0 Å². The van der Waals surface area contributed by atoms with Gasteiger partial charge in [0.05, 0.1) is 5.52 Å². The highest BCUT2D eigenvalue weighted by atomic mass is 16.1. The first-order valence-electron chi connectivity index (χ1n) is 4.63. The summed E-state index contributed by atoms with van der Waals surface area (Å²) in [6.07, 6.45) is 0.726. The zero-order chi connectivity index (χ0) is 10.8. The highest BCUT2D eigenvalue weighted by Crippen LogP contribution is 2.17. The van der Waals surface area contributed by atoms with Crippen molar-refractivity contribution in [2.24, 2.45) is 0 Å². The number of benzene rings is 1. The van der Waals surface area contributed by atoms with E-state index in [1.807, 2.05) is 24.3 Å². The van der Waals surface area contributed by atoms with Crippen LogP contribution in [0.4, 0.5) is 0 Å². The Morgan fingerprint density at radius 3 is 2.80 bits per heavy atom. The first kappa shape index (κ1) is 9.52. The van der Waals surface area contributed by atoms with Gasteiger partial charge < -0.3 is 5.41 Å². The van der Waals surface area contributed by atoms with Crippen molar-refractivity contribution in [1.82, 2.24) is 4.98 Å². The minimum absolute atomic E-state index is 0.419. The monoisotopic (exact) mass is 198 g/mol. The third-order valence-electron chi connectivity index (χ3n) is 2.28. The second-order valence-corrected chi connectivity index (χ2v) is 3.35. The van der Waals surface area contributed by atoms with Crippen molar-refractivity contribution >= 4 is 22.9 Å². The number of nitrogens with one attached hydrogen (secondary N) is 1. The molecule has 0 saturated carbocycles. The molecule has 15 heavy (non-hydrogen) atoms. The van der Waals surface area contributed by atoms with Crippen molar-refractivity contribution in [3.63, 3.8) is 0 Å². The quantitative estimate of drug-likeness (QED) is 0.595. The van der Waals surface area contributed by atoms with Crippen molar-refractivity contribution in [2.45, 2.75) is 6.92 Å². The van der Waals surface area contributed by atoms with Crippen LogP contribution in [-0.4, -0.2) is 17.0 Å². The van der Waals surface area contributed by atoms with E-state index in [1.54, 1.807) is 13.0 Å². The Morgan fingerprint density at radius 2 is 2.13 bits per heavy atom. The summed E-state index contributed by atoms with van der Waals surface area (Å²) in [6, 6.07) is 9.07. The van der Waals surface area contributed by atoms with Gasteiger partial charge in [0.1, 0.15) is 5.69 Å². The number of pyridine rings is 1. The second-order valence-electron chi connectivity index (χ2n) is 3.35. The molecule has 1 N–H and O–H groups in total. The van der Waals surface area contributed by atoms with E-state index in [0.29, 0.717) is 11.4 Å². The molecule has 0 saturated heterocycles. The fraction of sp³-hybridized carbons (Fsp3) is 0.0833. The lowest BCUT2D eigenvalue weighted by molar-refractivity contribution is 0.111. The van der Waals surface area contributed by atoms with Crippen LogP contribution in [0.1, 0.15) is 23.0 Å². The average Bonchev–Trinajstić information content (AvgIpc) is 2.27. The Bertz CT molecular complexity index is 546. The molecule has 0 aliphatic rings. The van der Waals surface area contributed by atoms with Crippen LogP contribution in [0, 0.1) is 5.41 Å². The lowest BCUT2D eigenvalue weighted by Crippen LogP contribution is -1.95. The number of fused-ring (bicyclic) bond motifs is 1. The molecule has 0 atom stereocenters. The van der Waals surface area contributed by atoms with E-state index in [0.717, 1.165) is 22.8 Å². The molecule has 74 valence electrons. The summed E-state index contributed by atoms with van der Waals surface area (Å²) in [7, 11) is 0. The molecule has 3 nitrogen and oxygen atoms in total. The topological polar surface area (TPSA) is 53.8 Å². The van der Waals surface area contributed by atoms with Crippen LogP contribution in [0.2, 0.25) is 0 Å². The van der Waals surface area contributed by atoms with Gasteiger partial charge in [-0.15, -0.1) is 0 Å². The van der Waals surface area contributed by atoms with Gasteiger partial charge in [0, 0.05) is 16.7 Å². The van der Waals surface area contributed by atoms with Crippen LogP contribution < -0.4 is 0 Å². The predicted molar refractivity (Wildman–Crippen MR) is 59.6 cm³/mol. The predicted octanol–water partition coefficient (Wildman–Crippen LogP) is 2.44. The van der Waals surface area contributed by atoms with E-state index in [4.69, 9.17) is 5.41 Å². The third-order valence-corrected chi connectivity index (χ3v) is 2.28. The molecule has 3 heteroatoms. The first-order valence-corrected chi connectivity index (χ1v) is 4.63. The van der Waals surface area contributed by atoms with Crippen molar-refractivity contribution in [3.8, 4) is 0 Å². The summed E-state index contributed by atoms with van der Waals surface area (Å²) in [5, 5.41) is 8.53. The zero-order valence-corrected chi connectivity index (χ0v) is 8.32. The molecule has 1 aromatic carbocycles. The molecule has 0 amide bonds. The Balaban J connectivity index is 2.77. The van der Waals surface area contributed by atoms with Crippen LogP contribution in [0.5, 0.6) is 0 Å². The molecule has 0 bridgehead atoms. The van der Waals surface area contributed by atoms with Crippen LogP contribution >= 0.6 is 0 Å². The van der Waals surface area contributed by atoms with Gasteiger partial charge in [-0.25, -0.2) is 4.98 Å². The summed E-state index contributed by atoms with van der Waals surface area (Å²) in [6.45, 7) is 1.74. The number of nitrogens with zero attached hydrogens (tertiary/aromatic N) is 1. The fourth-order valence-electron chi connectivity index (χ4n) is 1.56. The Labute approximate surface area is 87.3 Å². The molecule has 2 rings (SSSR count). The molecule has 0 aliphatic heterocycles. The largest absolute Gasteiger partial charge is 0.305 e.